The lowest BCUT2D eigenvalue weighted by atomic mass is 10.1. The topological polar surface area (TPSA) is 55.1 Å². The lowest BCUT2D eigenvalue weighted by Crippen LogP contribution is -2.19. The number of anilines is 1. The third kappa shape index (κ3) is 3.77. The number of nitrogens with one attached hydrogen (secondary N) is 1. The molecule has 3 N–H and O–H groups in total. The van der Waals surface area contributed by atoms with Gasteiger partial charge in [-0.15, -0.1) is 0 Å². The number of aryl methyl sites for hydroxylation is 1. The maximum Gasteiger partial charge on any atom is 0.217 e. The number of benzene rings is 1. The van der Waals surface area contributed by atoms with Crippen molar-refractivity contribution in [1.29, 1.82) is 0 Å². The molecule has 1 amide bonds. The SMILES string of the molecule is CCc1cc(C=CCNC(C)=O)ccc1N. The Bertz CT molecular complexity index is 397. The molecule has 0 saturated carbocycles. The fourth-order valence-corrected chi connectivity index (χ4v) is 1.43. The average molecular weight is 218 g/mol. The summed E-state index contributed by atoms with van der Waals surface area (Å²) in [5.41, 5.74) is 8.91. The molecule has 3 heteroatoms. The Kier molecular flexibility index (Phi) is 4.58. The van der Waals surface area contributed by atoms with Crippen LogP contribution in [0.2, 0.25) is 0 Å². The summed E-state index contributed by atoms with van der Waals surface area (Å²) in [6.45, 7) is 4.14. The molecular formula is C13H18N2O. The Morgan fingerprint density at radius 1 is 1.50 bits per heavy atom. The van der Waals surface area contributed by atoms with Gasteiger partial charge in [0.1, 0.15) is 0 Å². The third-order valence-electron chi connectivity index (χ3n) is 2.33. The zero-order valence-electron chi connectivity index (χ0n) is 9.79. The first-order valence-electron chi connectivity index (χ1n) is 5.43. The van der Waals surface area contributed by atoms with Crippen LogP contribution in [0.5, 0.6) is 0 Å². The van der Waals surface area contributed by atoms with Crippen LogP contribution in [-0.4, -0.2) is 12.5 Å². The molecule has 0 spiro atoms. The number of hydrogen-bond acceptors (Lipinski definition) is 2. The van der Waals surface area contributed by atoms with Crippen LogP contribution in [0.4, 0.5) is 5.69 Å². The Labute approximate surface area is 96.3 Å². The number of amides is 1. The molecule has 1 rings (SSSR count). The smallest absolute Gasteiger partial charge is 0.217 e. The zero-order chi connectivity index (χ0) is 12.0. The second-order valence-corrected chi connectivity index (χ2v) is 3.65. The summed E-state index contributed by atoms with van der Waals surface area (Å²) in [6, 6.07) is 5.95. The number of rotatable bonds is 4. The number of carbonyl (C=O) groups is 1. The zero-order valence-corrected chi connectivity index (χ0v) is 9.79. The third-order valence-corrected chi connectivity index (χ3v) is 2.33. The average Bonchev–Trinajstić information content (AvgIpc) is 2.26. The van der Waals surface area contributed by atoms with E-state index < -0.39 is 0 Å². The van der Waals surface area contributed by atoms with Gasteiger partial charge in [0.15, 0.2) is 0 Å². The van der Waals surface area contributed by atoms with Gasteiger partial charge in [-0.1, -0.05) is 25.1 Å². The van der Waals surface area contributed by atoms with Crippen molar-refractivity contribution in [2.45, 2.75) is 20.3 Å². The Morgan fingerprint density at radius 2 is 2.25 bits per heavy atom. The van der Waals surface area contributed by atoms with E-state index in [0.29, 0.717) is 6.54 Å². The van der Waals surface area contributed by atoms with E-state index in [1.807, 2.05) is 24.3 Å². The molecule has 0 saturated heterocycles. The number of nitrogens with two attached hydrogens (primary N) is 1. The van der Waals surface area contributed by atoms with Gasteiger partial charge in [-0.05, 0) is 29.7 Å². The van der Waals surface area contributed by atoms with Crippen LogP contribution in [0.3, 0.4) is 0 Å². The molecule has 0 aromatic heterocycles. The first-order valence-corrected chi connectivity index (χ1v) is 5.43. The summed E-state index contributed by atoms with van der Waals surface area (Å²) in [5.74, 6) is -0.0174. The largest absolute Gasteiger partial charge is 0.399 e. The molecule has 1 aromatic carbocycles. The van der Waals surface area contributed by atoms with Gasteiger partial charge in [-0.2, -0.15) is 0 Å². The van der Waals surface area contributed by atoms with Crippen molar-refractivity contribution in [1.82, 2.24) is 5.32 Å². The van der Waals surface area contributed by atoms with Gasteiger partial charge in [0.25, 0.3) is 0 Å². The Balaban J connectivity index is 2.63. The molecule has 16 heavy (non-hydrogen) atoms. The summed E-state index contributed by atoms with van der Waals surface area (Å²) in [4.78, 5) is 10.6. The van der Waals surface area contributed by atoms with Crippen LogP contribution < -0.4 is 11.1 Å². The maximum absolute atomic E-state index is 10.6. The van der Waals surface area contributed by atoms with Crippen LogP contribution in [0.15, 0.2) is 24.3 Å². The molecule has 0 aliphatic rings. The van der Waals surface area contributed by atoms with Crippen molar-refractivity contribution in [2.24, 2.45) is 0 Å². The molecule has 0 radical (unpaired) electrons. The second kappa shape index (κ2) is 5.95. The predicted molar refractivity (Wildman–Crippen MR) is 68.0 cm³/mol. The minimum Gasteiger partial charge on any atom is -0.399 e. The predicted octanol–water partition coefficient (Wildman–Crippen LogP) is 1.98. The van der Waals surface area contributed by atoms with Gasteiger partial charge < -0.3 is 11.1 Å². The molecule has 0 heterocycles. The number of hydrogen-bond donors (Lipinski definition) is 2. The van der Waals surface area contributed by atoms with Crippen LogP contribution in [0.25, 0.3) is 6.08 Å². The maximum atomic E-state index is 10.6. The summed E-state index contributed by atoms with van der Waals surface area (Å²) in [6.07, 6.45) is 4.83. The van der Waals surface area contributed by atoms with E-state index >= 15 is 0 Å². The normalized spacial score (nSPS) is 10.6. The monoisotopic (exact) mass is 218 g/mol. The van der Waals surface area contributed by atoms with Crippen molar-refractivity contribution in [2.75, 3.05) is 12.3 Å². The number of nitrogen functional groups attached to an aromatic ring is 1. The van der Waals surface area contributed by atoms with Gasteiger partial charge in [-0.3, -0.25) is 4.79 Å². The van der Waals surface area contributed by atoms with Crippen LogP contribution in [0, 0.1) is 0 Å². The first-order chi connectivity index (χ1) is 7.63. The summed E-state index contributed by atoms with van der Waals surface area (Å²) in [5, 5.41) is 2.71. The summed E-state index contributed by atoms with van der Waals surface area (Å²) < 4.78 is 0. The van der Waals surface area contributed by atoms with Crippen molar-refractivity contribution < 1.29 is 4.79 Å². The van der Waals surface area contributed by atoms with E-state index in [0.717, 1.165) is 23.2 Å². The van der Waals surface area contributed by atoms with Gasteiger partial charge in [0, 0.05) is 19.2 Å². The Hall–Kier alpha value is -1.77. The van der Waals surface area contributed by atoms with Crippen molar-refractivity contribution in [3.8, 4) is 0 Å². The van der Waals surface area contributed by atoms with E-state index in [9.17, 15) is 4.79 Å². The molecule has 1 aromatic rings. The second-order valence-electron chi connectivity index (χ2n) is 3.65. The van der Waals surface area contributed by atoms with E-state index in [4.69, 9.17) is 5.73 Å². The molecule has 3 nitrogen and oxygen atoms in total. The summed E-state index contributed by atoms with van der Waals surface area (Å²) >= 11 is 0. The van der Waals surface area contributed by atoms with Gasteiger partial charge >= 0.3 is 0 Å². The van der Waals surface area contributed by atoms with Crippen LogP contribution in [-0.2, 0) is 11.2 Å². The molecule has 0 aliphatic heterocycles. The lowest BCUT2D eigenvalue weighted by Gasteiger charge is -2.03. The minimum atomic E-state index is -0.0174. The standard InChI is InChI=1S/C13H18N2O/c1-3-12-9-11(6-7-13(12)14)5-4-8-15-10(2)16/h4-7,9H,3,8,14H2,1-2H3,(H,15,16). The van der Waals surface area contributed by atoms with E-state index in [1.165, 1.54) is 6.92 Å². The molecule has 0 fully saturated rings. The fourth-order valence-electron chi connectivity index (χ4n) is 1.43. The highest BCUT2D eigenvalue weighted by molar-refractivity contribution is 5.73. The minimum absolute atomic E-state index is 0.0174. The van der Waals surface area contributed by atoms with Gasteiger partial charge in [0.2, 0.25) is 5.91 Å². The van der Waals surface area contributed by atoms with E-state index in [1.54, 1.807) is 0 Å². The Morgan fingerprint density at radius 3 is 2.88 bits per heavy atom. The van der Waals surface area contributed by atoms with Gasteiger partial charge in [-0.25, -0.2) is 0 Å². The molecule has 0 bridgehead atoms. The summed E-state index contributed by atoms with van der Waals surface area (Å²) in [7, 11) is 0. The highest BCUT2D eigenvalue weighted by atomic mass is 16.1. The van der Waals surface area contributed by atoms with Crippen molar-refractivity contribution >= 4 is 17.7 Å². The highest BCUT2D eigenvalue weighted by Gasteiger charge is 1.96. The van der Waals surface area contributed by atoms with Crippen molar-refractivity contribution in [3.63, 3.8) is 0 Å². The quantitative estimate of drug-likeness (QED) is 0.759. The molecule has 86 valence electrons. The van der Waals surface area contributed by atoms with Crippen LogP contribution >= 0.6 is 0 Å². The lowest BCUT2D eigenvalue weighted by molar-refractivity contribution is -0.118. The van der Waals surface area contributed by atoms with Crippen LogP contribution in [0.1, 0.15) is 25.0 Å². The van der Waals surface area contributed by atoms with Gasteiger partial charge in [0.05, 0.1) is 0 Å². The first kappa shape index (κ1) is 12.3. The molecular weight excluding hydrogens is 200 g/mol. The number of carbonyl (C=O) groups excluding carboxylic acids is 1. The van der Waals surface area contributed by atoms with E-state index in [-0.39, 0.29) is 5.91 Å². The van der Waals surface area contributed by atoms with E-state index in [2.05, 4.69) is 18.3 Å². The molecule has 0 unspecified atom stereocenters. The molecule has 0 atom stereocenters. The van der Waals surface area contributed by atoms with Crippen molar-refractivity contribution in [3.05, 3.63) is 35.4 Å². The fraction of sp³-hybridized carbons (Fsp3) is 0.308. The molecule has 0 aliphatic carbocycles. The highest BCUT2D eigenvalue weighted by Crippen LogP contribution is 2.15.